The first kappa shape index (κ1) is 21.7. The van der Waals surface area contributed by atoms with Crippen molar-refractivity contribution in [2.24, 2.45) is 4.99 Å². The van der Waals surface area contributed by atoms with Gasteiger partial charge in [0.1, 0.15) is 0 Å². The topological polar surface area (TPSA) is 86.7 Å². The largest absolute Gasteiger partial charge is 0.357 e. The lowest BCUT2D eigenvalue weighted by molar-refractivity contribution is 0.477. The smallest absolute Gasteiger partial charge is 0.243 e. The Bertz CT molecular complexity index is 946. The Kier molecular flexibility index (Phi) is 7.26. The van der Waals surface area contributed by atoms with Gasteiger partial charge in [0.15, 0.2) is 5.96 Å². The first-order valence-corrected chi connectivity index (χ1v) is 12.2. The molecule has 3 rings (SSSR count). The van der Waals surface area contributed by atoms with Crippen molar-refractivity contribution in [2.75, 3.05) is 19.6 Å². The van der Waals surface area contributed by atoms with Gasteiger partial charge in [0.25, 0.3) is 0 Å². The molecule has 0 atom stereocenters. The van der Waals surface area contributed by atoms with E-state index in [-0.39, 0.29) is 0 Å². The average Bonchev–Trinajstić information content (AvgIpc) is 3.34. The molecule has 1 aliphatic rings. The van der Waals surface area contributed by atoms with Crippen molar-refractivity contribution in [1.29, 1.82) is 0 Å². The Morgan fingerprint density at radius 3 is 2.45 bits per heavy atom. The molecule has 0 unspecified atom stereocenters. The fourth-order valence-corrected chi connectivity index (χ4v) is 5.65. The summed E-state index contributed by atoms with van der Waals surface area (Å²) in [5.41, 5.74) is 2.01. The minimum Gasteiger partial charge on any atom is -0.357 e. The van der Waals surface area contributed by atoms with E-state index in [0.29, 0.717) is 31.1 Å². The number of nitrogens with zero attached hydrogens (tertiary/aromatic N) is 3. The summed E-state index contributed by atoms with van der Waals surface area (Å²) >= 11 is 1.69. The number of rotatable bonds is 7. The van der Waals surface area contributed by atoms with Gasteiger partial charge in [-0.1, -0.05) is 12.1 Å². The standard InChI is InChI=1S/C20H29N5O2S2/c1-4-21-20(23-14-19-15(2)24-16(3)28-19)22-13-17-7-9-18(10-8-17)29(26,27)25-11-5-6-12-25/h7-10H,4-6,11-14H2,1-3H3,(H2,21,22,23). The van der Waals surface area contributed by atoms with Crippen molar-refractivity contribution in [3.8, 4) is 0 Å². The van der Waals surface area contributed by atoms with Crippen LogP contribution in [0, 0.1) is 13.8 Å². The maximum atomic E-state index is 12.6. The zero-order valence-corrected chi connectivity index (χ0v) is 18.9. The van der Waals surface area contributed by atoms with Gasteiger partial charge in [0.05, 0.1) is 28.7 Å². The first-order chi connectivity index (χ1) is 13.9. The number of nitrogens with one attached hydrogen (secondary N) is 2. The van der Waals surface area contributed by atoms with E-state index < -0.39 is 10.0 Å². The quantitative estimate of drug-likeness (QED) is 0.516. The van der Waals surface area contributed by atoms with Gasteiger partial charge in [0, 0.05) is 24.5 Å². The molecule has 0 radical (unpaired) electrons. The maximum Gasteiger partial charge on any atom is 0.243 e. The highest BCUT2D eigenvalue weighted by atomic mass is 32.2. The highest BCUT2D eigenvalue weighted by Gasteiger charge is 2.26. The van der Waals surface area contributed by atoms with Crippen molar-refractivity contribution in [2.45, 2.75) is 51.6 Å². The third kappa shape index (κ3) is 5.55. The normalized spacial score (nSPS) is 15.6. The monoisotopic (exact) mass is 435 g/mol. The molecule has 7 nitrogen and oxygen atoms in total. The lowest BCUT2D eigenvalue weighted by Crippen LogP contribution is -2.36. The summed E-state index contributed by atoms with van der Waals surface area (Å²) in [6, 6.07) is 7.05. The van der Waals surface area contributed by atoms with E-state index >= 15 is 0 Å². The van der Waals surface area contributed by atoms with Gasteiger partial charge >= 0.3 is 0 Å². The Morgan fingerprint density at radius 1 is 1.17 bits per heavy atom. The summed E-state index contributed by atoms with van der Waals surface area (Å²) in [4.78, 5) is 10.6. The molecule has 0 saturated carbocycles. The predicted octanol–water partition coefficient (Wildman–Crippen LogP) is 2.80. The van der Waals surface area contributed by atoms with Crippen LogP contribution in [0.4, 0.5) is 0 Å². The zero-order valence-electron chi connectivity index (χ0n) is 17.2. The molecular formula is C20H29N5O2S2. The van der Waals surface area contributed by atoms with Gasteiger partial charge < -0.3 is 10.6 Å². The molecule has 0 amide bonds. The highest BCUT2D eigenvalue weighted by molar-refractivity contribution is 7.89. The minimum absolute atomic E-state index is 0.355. The lowest BCUT2D eigenvalue weighted by atomic mass is 10.2. The summed E-state index contributed by atoms with van der Waals surface area (Å²) in [7, 11) is -3.37. The van der Waals surface area contributed by atoms with Crippen molar-refractivity contribution in [1.82, 2.24) is 19.9 Å². The molecule has 158 valence electrons. The van der Waals surface area contributed by atoms with E-state index in [4.69, 9.17) is 0 Å². The van der Waals surface area contributed by atoms with Gasteiger partial charge in [-0.2, -0.15) is 4.31 Å². The second kappa shape index (κ2) is 9.69. The molecule has 2 aromatic rings. The molecule has 9 heteroatoms. The van der Waals surface area contributed by atoms with Crippen LogP contribution in [-0.4, -0.2) is 43.3 Å². The molecular weight excluding hydrogens is 406 g/mol. The number of guanidine groups is 1. The summed E-state index contributed by atoms with van der Waals surface area (Å²) in [5.74, 6) is 0.728. The Morgan fingerprint density at radius 2 is 1.86 bits per heavy atom. The number of hydrogen-bond donors (Lipinski definition) is 2. The van der Waals surface area contributed by atoms with Crippen molar-refractivity contribution < 1.29 is 8.42 Å². The van der Waals surface area contributed by atoms with E-state index in [1.54, 1.807) is 27.8 Å². The van der Waals surface area contributed by atoms with Gasteiger partial charge in [-0.25, -0.2) is 18.4 Å². The second-order valence-electron chi connectivity index (χ2n) is 7.05. The molecule has 2 heterocycles. The van der Waals surface area contributed by atoms with Gasteiger partial charge in [-0.05, 0) is 51.3 Å². The molecule has 0 spiro atoms. The molecule has 29 heavy (non-hydrogen) atoms. The van der Waals surface area contributed by atoms with Crippen LogP contribution in [0.15, 0.2) is 34.2 Å². The van der Waals surface area contributed by atoms with Crippen LogP contribution in [-0.2, 0) is 23.1 Å². The van der Waals surface area contributed by atoms with E-state index in [1.165, 1.54) is 4.88 Å². The average molecular weight is 436 g/mol. The van der Waals surface area contributed by atoms with Crippen LogP contribution in [0.2, 0.25) is 0 Å². The Labute approximate surface area is 177 Å². The number of aliphatic imine (C=N–C) groups is 1. The SMILES string of the molecule is CCNC(=NCc1ccc(S(=O)(=O)N2CCCC2)cc1)NCc1sc(C)nc1C. The fourth-order valence-electron chi connectivity index (χ4n) is 3.26. The highest BCUT2D eigenvalue weighted by Crippen LogP contribution is 2.21. The first-order valence-electron chi connectivity index (χ1n) is 9.94. The van der Waals surface area contributed by atoms with Crippen LogP contribution < -0.4 is 10.6 Å². The van der Waals surface area contributed by atoms with E-state index in [9.17, 15) is 8.42 Å². The van der Waals surface area contributed by atoms with Crippen LogP contribution in [0.25, 0.3) is 0 Å². The van der Waals surface area contributed by atoms with E-state index in [0.717, 1.165) is 41.6 Å². The molecule has 1 fully saturated rings. The van der Waals surface area contributed by atoms with Crippen LogP contribution in [0.1, 0.15) is 40.9 Å². The summed E-state index contributed by atoms with van der Waals surface area (Å²) in [5, 5.41) is 7.64. The van der Waals surface area contributed by atoms with Crippen LogP contribution in [0.5, 0.6) is 0 Å². The van der Waals surface area contributed by atoms with Crippen LogP contribution in [0.3, 0.4) is 0 Å². The van der Waals surface area contributed by atoms with E-state index in [1.807, 2.05) is 32.9 Å². The number of aryl methyl sites for hydroxylation is 2. The zero-order chi connectivity index (χ0) is 20.9. The fraction of sp³-hybridized carbons (Fsp3) is 0.500. The van der Waals surface area contributed by atoms with E-state index in [2.05, 4.69) is 20.6 Å². The number of thiazole rings is 1. The van der Waals surface area contributed by atoms with Crippen molar-refractivity contribution in [3.63, 3.8) is 0 Å². The summed E-state index contributed by atoms with van der Waals surface area (Å²) in [6.45, 7) is 9.19. The number of aromatic nitrogens is 1. The maximum absolute atomic E-state index is 12.6. The number of sulfonamides is 1. The molecule has 1 aromatic heterocycles. The van der Waals surface area contributed by atoms with Crippen LogP contribution >= 0.6 is 11.3 Å². The predicted molar refractivity (Wildman–Crippen MR) is 118 cm³/mol. The molecule has 0 aliphatic carbocycles. The Balaban J connectivity index is 1.63. The molecule has 1 aliphatic heterocycles. The summed E-state index contributed by atoms with van der Waals surface area (Å²) < 4.78 is 26.8. The second-order valence-corrected chi connectivity index (χ2v) is 10.3. The number of benzene rings is 1. The molecule has 0 bridgehead atoms. The summed E-state index contributed by atoms with van der Waals surface area (Å²) in [6.07, 6.45) is 1.87. The molecule has 2 N–H and O–H groups in total. The molecule has 1 saturated heterocycles. The third-order valence-electron chi connectivity index (χ3n) is 4.81. The molecule has 1 aromatic carbocycles. The number of hydrogen-bond acceptors (Lipinski definition) is 5. The van der Waals surface area contributed by atoms with Gasteiger partial charge in [0.2, 0.25) is 10.0 Å². The minimum atomic E-state index is -3.37. The van der Waals surface area contributed by atoms with Crippen molar-refractivity contribution in [3.05, 3.63) is 45.4 Å². The van der Waals surface area contributed by atoms with Gasteiger partial charge in [-0.15, -0.1) is 11.3 Å². The third-order valence-corrected chi connectivity index (χ3v) is 7.79. The Hall–Kier alpha value is -1.97. The van der Waals surface area contributed by atoms with Gasteiger partial charge in [-0.3, -0.25) is 0 Å². The lowest BCUT2D eigenvalue weighted by Gasteiger charge is -2.15. The van der Waals surface area contributed by atoms with Crippen molar-refractivity contribution >= 4 is 27.3 Å².